The molecule has 1 aromatic heterocycles. The highest BCUT2D eigenvalue weighted by Gasteiger charge is 2.28. The minimum atomic E-state index is -0.105. The smallest absolute Gasteiger partial charge is 0.263 e. The Morgan fingerprint density at radius 3 is 2.74 bits per heavy atom. The summed E-state index contributed by atoms with van der Waals surface area (Å²) in [6, 6.07) is 18.2. The summed E-state index contributed by atoms with van der Waals surface area (Å²) >= 11 is 0. The average Bonchev–Trinajstić information content (AvgIpc) is 2.99. The number of amides is 1. The first-order valence-corrected chi connectivity index (χ1v) is 12.1. The number of likely N-dealkylation sites (N-methyl/N-ethyl adjacent to an activating group) is 1. The molecular weight excluding hydrogens is 440 g/mol. The molecule has 0 atom stereocenters. The Bertz CT molecular complexity index is 1120. The second kappa shape index (κ2) is 11.7. The molecule has 4 rings (SSSR count). The number of fused-ring (bicyclic) bond motifs is 1. The third kappa shape index (κ3) is 6.27. The Balaban J connectivity index is 1.37. The van der Waals surface area contributed by atoms with Gasteiger partial charge < -0.3 is 24.8 Å². The number of carbonyl (C=O) groups excluding carboxylic acids is 1. The van der Waals surface area contributed by atoms with Gasteiger partial charge >= 0.3 is 0 Å². The normalized spacial score (nSPS) is 13.5. The van der Waals surface area contributed by atoms with Gasteiger partial charge in [0.15, 0.2) is 0 Å². The molecule has 0 bridgehead atoms. The number of benzene rings is 2. The van der Waals surface area contributed by atoms with E-state index >= 15 is 0 Å². The number of nitrogens with zero attached hydrogens (tertiary/aromatic N) is 5. The van der Waals surface area contributed by atoms with Crippen molar-refractivity contribution in [3.8, 4) is 5.75 Å². The maximum absolute atomic E-state index is 13.4. The quantitative estimate of drug-likeness (QED) is 0.447. The van der Waals surface area contributed by atoms with Crippen molar-refractivity contribution in [1.29, 1.82) is 0 Å². The average molecular weight is 475 g/mol. The first kappa shape index (κ1) is 24.5. The Kier molecular flexibility index (Phi) is 8.15. The van der Waals surface area contributed by atoms with Gasteiger partial charge in [-0.25, -0.2) is 4.98 Å². The van der Waals surface area contributed by atoms with Gasteiger partial charge in [-0.3, -0.25) is 4.79 Å². The summed E-state index contributed by atoms with van der Waals surface area (Å²) in [4.78, 5) is 28.4. The van der Waals surface area contributed by atoms with Gasteiger partial charge in [0.2, 0.25) is 5.95 Å². The van der Waals surface area contributed by atoms with E-state index < -0.39 is 0 Å². The first-order valence-electron chi connectivity index (χ1n) is 12.1. The van der Waals surface area contributed by atoms with Crippen LogP contribution in [0.4, 0.5) is 17.5 Å². The number of hydrogen-bond acceptors (Lipinski definition) is 7. The summed E-state index contributed by atoms with van der Waals surface area (Å²) in [5, 5.41) is 3.11. The predicted octanol–water partition coefficient (Wildman–Crippen LogP) is 3.91. The summed E-state index contributed by atoms with van der Waals surface area (Å²) in [5.74, 6) is 1.84. The molecule has 35 heavy (non-hydrogen) atoms. The summed E-state index contributed by atoms with van der Waals surface area (Å²) < 4.78 is 6.03. The van der Waals surface area contributed by atoms with Crippen LogP contribution in [0.1, 0.15) is 29.3 Å². The molecule has 1 aliphatic rings. The second-order valence-electron chi connectivity index (χ2n) is 8.76. The van der Waals surface area contributed by atoms with Crippen LogP contribution in [-0.4, -0.2) is 67.7 Å². The molecule has 8 heteroatoms. The summed E-state index contributed by atoms with van der Waals surface area (Å²) in [6.07, 6.45) is 2.53. The van der Waals surface area contributed by atoms with Crippen LogP contribution in [0.5, 0.6) is 5.75 Å². The standard InChI is InChI=1S/C27H34N6O2/c1-4-28-27-29-19-24-25(30-27)32(3)15-16-33(26(24)34)22-12-8-13-23(18-22)35-17-9-14-31(2)20-21-10-6-5-7-11-21/h5-8,10-13,18-19H,4,9,14-17,20H2,1-3H3,(H,28,29,30). The van der Waals surface area contributed by atoms with Gasteiger partial charge in [-0.2, -0.15) is 4.98 Å². The van der Waals surface area contributed by atoms with E-state index in [-0.39, 0.29) is 5.91 Å². The monoisotopic (exact) mass is 474 g/mol. The highest BCUT2D eigenvalue weighted by molar-refractivity contribution is 6.09. The van der Waals surface area contributed by atoms with E-state index in [1.54, 1.807) is 11.1 Å². The lowest BCUT2D eigenvalue weighted by molar-refractivity contribution is 0.0989. The fourth-order valence-electron chi connectivity index (χ4n) is 4.15. The lowest BCUT2D eigenvalue weighted by atomic mass is 10.2. The van der Waals surface area contributed by atoms with Crippen LogP contribution in [0.3, 0.4) is 0 Å². The van der Waals surface area contributed by atoms with Crippen molar-refractivity contribution in [3.05, 3.63) is 71.9 Å². The fourth-order valence-corrected chi connectivity index (χ4v) is 4.15. The Morgan fingerprint density at radius 1 is 1.11 bits per heavy atom. The zero-order valence-electron chi connectivity index (χ0n) is 20.8. The van der Waals surface area contributed by atoms with Crippen LogP contribution < -0.4 is 19.9 Å². The highest BCUT2D eigenvalue weighted by Crippen LogP contribution is 2.28. The van der Waals surface area contributed by atoms with Crippen LogP contribution in [0.2, 0.25) is 0 Å². The van der Waals surface area contributed by atoms with Crippen molar-refractivity contribution in [3.63, 3.8) is 0 Å². The molecule has 3 aromatic rings. The van der Waals surface area contributed by atoms with E-state index in [2.05, 4.69) is 51.5 Å². The number of rotatable bonds is 10. The number of anilines is 3. The molecule has 1 amide bonds. The molecule has 0 unspecified atom stereocenters. The van der Waals surface area contributed by atoms with Crippen molar-refractivity contribution in [1.82, 2.24) is 14.9 Å². The summed E-state index contributed by atoms with van der Waals surface area (Å²) in [6.45, 7) is 6.40. The Labute approximate surface area is 207 Å². The van der Waals surface area contributed by atoms with E-state index in [0.29, 0.717) is 37.0 Å². The predicted molar refractivity (Wildman–Crippen MR) is 140 cm³/mol. The Hall–Kier alpha value is -3.65. The molecule has 1 aliphatic heterocycles. The van der Waals surface area contributed by atoms with Crippen molar-refractivity contribution in [2.24, 2.45) is 0 Å². The molecule has 184 valence electrons. The molecule has 2 aromatic carbocycles. The number of carbonyl (C=O) groups is 1. The zero-order chi connectivity index (χ0) is 24.6. The maximum atomic E-state index is 13.4. The third-order valence-corrected chi connectivity index (χ3v) is 5.98. The number of ether oxygens (including phenoxy) is 1. The van der Waals surface area contributed by atoms with Crippen molar-refractivity contribution < 1.29 is 9.53 Å². The van der Waals surface area contributed by atoms with Crippen LogP contribution in [0, 0.1) is 0 Å². The van der Waals surface area contributed by atoms with Gasteiger partial charge in [-0.15, -0.1) is 0 Å². The van der Waals surface area contributed by atoms with Crippen molar-refractivity contribution in [2.75, 3.05) is 62.0 Å². The van der Waals surface area contributed by atoms with Gasteiger partial charge in [-0.1, -0.05) is 36.4 Å². The van der Waals surface area contributed by atoms with Crippen molar-refractivity contribution >= 4 is 23.4 Å². The Morgan fingerprint density at radius 2 is 1.94 bits per heavy atom. The van der Waals surface area contributed by atoms with E-state index in [1.165, 1.54) is 5.56 Å². The fraction of sp³-hybridized carbons (Fsp3) is 0.370. The number of aromatic nitrogens is 2. The van der Waals surface area contributed by atoms with Crippen LogP contribution in [0.25, 0.3) is 0 Å². The molecule has 0 fully saturated rings. The lowest BCUT2D eigenvalue weighted by Crippen LogP contribution is -2.33. The van der Waals surface area contributed by atoms with Gasteiger partial charge in [0.1, 0.15) is 17.1 Å². The number of nitrogens with one attached hydrogen (secondary N) is 1. The molecule has 8 nitrogen and oxygen atoms in total. The van der Waals surface area contributed by atoms with E-state index in [1.807, 2.05) is 49.2 Å². The molecular formula is C27H34N6O2. The second-order valence-corrected chi connectivity index (χ2v) is 8.76. The minimum absolute atomic E-state index is 0.105. The lowest BCUT2D eigenvalue weighted by Gasteiger charge is -2.22. The van der Waals surface area contributed by atoms with Crippen LogP contribution >= 0.6 is 0 Å². The van der Waals surface area contributed by atoms with Gasteiger partial charge in [0, 0.05) is 57.7 Å². The van der Waals surface area contributed by atoms with Crippen molar-refractivity contribution in [2.45, 2.75) is 19.9 Å². The highest BCUT2D eigenvalue weighted by atomic mass is 16.5. The van der Waals surface area contributed by atoms with Gasteiger partial charge in [-0.05, 0) is 38.1 Å². The first-order chi connectivity index (χ1) is 17.0. The molecule has 0 saturated carbocycles. The van der Waals surface area contributed by atoms with Gasteiger partial charge in [0.05, 0.1) is 6.61 Å². The molecule has 0 saturated heterocycles. The minimum Gasteiger partial charge on any atom is -0.493 e. The topological polar surface area (TPSA) is 73.8 Å². The summed E-state index contributed by atoms with van der Waals surface area (Å²) in [5.41, 5.74) is 2.62. The maximum Gasteiger partial charge on any atom is 0.263 e. The molecule has 0 aliphatic carbocycles. The largest absolute Gasteiger partial charge is 0.493 e. The molecule has 1 N–H and O–H groups in total. The van der Waals surface area contributed by atoms with E-state index in [0.717, 1.165) is 37.5 Å². The summed E-state index contributed by atoms with van der Waals surface area (Å²) in [7, 11) is 4.07. The number of hydrogen-bond donors (Lipinski definition) is 1. The van der Waals surface area contributed by atoms with Gasteiger partial charge in [0.25, 0.3) is 5.91 Å². The van der Waals surface area contributed by atoms with E-state index in [9.17, 15) is 4.79 Å². The van der Waals surface area contributed by atoms with Crippen LogP contribution in [-0.2, 0) is 6.54 Å². The molecule has 0 spiro atoms. The third-order valence-electron chi connectivity index (χ3n) is 5.98. The van der Waals surface area contributed by atoms with E-state index in [4.69, 9.17) is 4.74 Å². The molecule has 2 heterocycles. The van der Waals surface area contributed by atoms with Crippen LogP contribution in [0.15, 0.2) is 60.8 Å². The zero-order valence-corrected chi connectivity index (χ0v) is 20.8. The SMILES string of the molecule is CCNc1ncc2c(n1)N(C)CCN(c1cccc(OCCCN(C)Cc3ccccc3)c1)C2=O. The molecule has 0 radical (unpaired) electrons.